The molecule has 0 spiro atoms. The minimum Gasteiger partial charge on any atom is -0.396 e. The number of carbonyl (C=O) groups excluding carboxylic acids is 1. The number of nitrogens with one attached hydrogen (secondary N) is 1. The number of rotatable bonds is 4. The lowest BCUT2D eigenvalue weighted by Gasteiger charge is -2.37. The van der Waals surface area contributed by atoms with Crippen molar-refractivity contribution < 1.29 is 9.90 Å². The van der Waals surface area contributed by atoms with E-state index in [1.54, 1.807) is 0 Å². The second-order valence-electron chi connectivity index (χ2n) is 3.96. The van der Waals surface area contributed by atoms with Crippen LogP contribution in [0.4, 0.5) is 0 Å². The van der Waals surface area contributed by atoms with E-state index in [1.807, 2.05) is 18.7 Å². The molecule has 4 heteroatoms. The molecule has 1 rings (SSSR count). The molecule has 1 fully saturated rings. The minimum atomic E-state index is 0.0754. The molecular weight excluding hydrogens is 168 g/mol. The summed E-state index contributed by atoms with van der Waals surface area (Å²) in [5.74, 6) is 0.457. The lowest BCUT2D eigenvalue weighted by Crippen LogP contribution is -2.52. The SMILES string of the molecule is CC(C)NC(=O)CN1CC(CO)C1. The quantitative estimate of drug-likeness (QED) is 0.618. The maximum atomic E-state index is 11.2. The topological polar surface area (TPSA) is 52.6 Å². The molecule has 2 N–H and O–H groups in total. The normalized spacial score (nSPS) is 18.8. The molecule has 0 aromatic heterocycles. The number of nitrogens with zero attached hydrogens (tertiary/aromatic N) is 1. The highest BCUT2D eigenvalue weighted by Crippen LogP contribution is 2.13. The summed E-state index contributed by atoms with van der Waals surface area (Å²) >= 11 is 0. The number of aliphatic hydroxyl groups is 1. The molecule has 1 aliphatic heterocycles. The van der Waals surface area contributed by atoms with Gasteiger partial charge < -0.3 is 10.4 Å². The van der Waals surface area contributed by atoms with Crippen LogP contribution >= 0.6 is 0 Å². The van der Waals surface area contributed by atoms with E-state index in [-0.39, 0.29) is 18.6 Å². The molecule has 0 bridgehead atoms. The molecule has 0 unspecified atom stereocenters. The van der Waals surface area contributed by atoms with Gasteiger partial charge in [-0.05, 0) is 13.8 Å². The van der Waals surface area contributed by atoms with Crippen LogP contribution in [-0.2, 0) is 4.79 Å². The van der Waals surface area contributed by atoms with Crippen molar-refractivity contribution in [2.24, 2.45) is 5.92 Å². The zero-order chi connectivity index (χ0) is 9.84. The van der Waals surface area contributed by atoms with E-state index < -0.39 is 0 Å². The summed E-state index contributed by atoms with van der Waals surface area (Å²) in [7, 11) is 0. The Bertz CT molecular complexity index is 176. The largest absolute Gasteiger partial charge is 0.396 e. The van der Waals surface area contributed by atoms with Crippen molar-refractivity contribution in [2.75, 3.05) is 26.2 Å². The zero-order valence-corrected chi connectivity index (χ0v) is 8.29. The van der Waals surface area contributed by atoms with Gasteiger partial charge in [0, 0.05) is 31.7 Å². The first-order chi connectivity index (χ1) is 6.11. The molecule has 0 atom stereocenters. The van der Waals surface area contributed by atoms with Gasteiger partial charge in [-0.25, -0.2) is 0 Å². The third kappa shape index (κ3) is 3.32. The van der Waals surface area contributed by atoms with Gasteiger partial charge in [-0.2, -0.15) is 0 Å². The zero-order valence-electron chi connectivity index (χ0n) is 8.29. The third-order valence-electron chi connectivity index (χ3n) is 2.11. The lowest BCUT2D eigenvalue weighted by atomic mass is 10.0. The summed E-state index contributed by atoms with van der Waals surface area (Å²) in [6, 6.07) is 0.211. The van der Waals surface area contributed by atoms with E-state index in [0.29, 0.717) is 12.5 Å². The second-order valence-corrected chi connectivity index (χ2v) is 3.96. The predicted octanol–water partition coefficient (Wildman–Crippen LogP) is -0.565. The summed E-state index contributed by atoms with van der Waals surface area (Å²) in [4.78, 5) is 13.3. The standard InChI is InChI=1S/C9H18N2O2/c1-7(2)10-9(13)5-11-3-8(4-11)6-12/h7-8,12H,3-6H2,1-2H3,(H,10,13). The number of hydrogen-bond donors (Lipinski definition) is 2. The maximum absolute atomic E-state index is 11.2. The molecule has 0 aromatic rings. The van der Waals surface area contributed by atoms with Crippen molar-refractivity contribution >= 4 is 5.91 Å². The Balaban J connectivity index is 2.09. The molecule has 0 saturated carbocycles. The van der Waals surface area contributed by atoms with Crippen molar-refractivity contribution in [1.82, 2.24) is 10.2 Å². The van der Waals surface area contributed by atoms with E-state index in [0.717, 1.165) is 13.1 Å². The molecule has 4 nitrogen and oxygen atoms in total. The summed E-state index contributed by atoms with van der Waals surface area (Å²) in [5.41, 5.74) is 0. The Morgan fingerprint density at radius 1 is 1.62 bits per heavy atom. The highest BCUT2D eigenvalue weighted by Gasteiger charge is 2.27. The Labute approximate surface area is 78.9 Å². The van der Waals surface area contributed by atoms with Gasteiger partial charge in [0.25, 0.3) is 0 Å². The average Bonchev–Trinajstić information content (AvgIpc) is 1.94. The van der Waals surface area contributed by atoms with Gasteiger partial charge >= 0.3 is 0 Å². The van der Waals surface area contributed by atoms with E-state index in [4.69, 9.17) is 5.11 Å². The van der Waals surface area contributed by atoms with Crippen LogP contribution in [-0.4, -0.2) is 48.2 Å². The average molecular weight is 186 g/mol. The fourth-order valence-corrected chi connectivity index (χ4v) is 1.49. The van der Waals surface area contributed by atoms with Crippen LogP contribution < -0.4 is 5.32 Å². The molecular formula is C9H18N2O2. The Morgan fingerprint density at radius 3 is 2.69 bits per heavy atom. The first kappa shape index (κ1) is 10.5. The minimum absolute atomic E-state index is 0.0754. The molecule has 76 valence electrons. The predicted molar refractivity (Wildman–Crippen MR) is 50.3 cm³/mol. The molecule has 1 saturated heterocycles. The smallest absolute Gasteiger partial charge is 0.234 e. The van der Waals surface area contributed by atoms with Crippen LogP contribution in [0, 0.1) is 5.92 Å². The molecule has 0 aliphatic carbocycles. The van der Waals surface area contributed by atoms with Gasteiger partial charge in [-0.15, -0.1) is 0 Å². The van der Waals surface area contributed by atoms with Crippen molar-refractivity contribution in [2.45, 2.75) is 19.9 Å². The van der Waals surface area contributed by atoms with Gasteiger partial charge in [0.2, 0.25) is 5.91 Å². The maximum Gasteiger partial charge on any atom is 0.234 e. The van der Waals surface area contributed by atoms with E-state index in [2.05, 4.69) is 5.32 Å². The van der Waals surface area contributed by atoms with Crippen molar-refractivity contribution in [3.63, 3.8) is 0 Å². The fraction of sp³-hybridized carbons (Fsp3) is 0.889. The van der Waals surface area contributed by atoms with Gasteiger partial charge in [0.1, 0.15) is 0 Å². The third-order valence-corrected chi connectivity index (χ3v) is 2.11. The Hall–Kier alpha value is -0.610. The van der Waals surface area contributed by atoms with E-state index >= 15 is 0 Å². The molecule has 1 aliphatic rings. The summed E-state index contributed by atoms with van der Waals surface area (Å²) in [6.07, 6.45) is 0. The lowest BCUT2D eigenvalue weighted by molar-refractivity contribution is -0.124. The van der Waals surface area contributed by atoms with Crippen molar-refractivity contribution in [1.29, 1.82) is 0 Å². The first-order valence-corrected chi connectivity index (χ1v) is 4.74. The van der Waals surface area contributed by atoms with Crippen LogP contribution in [0.25, 0.3) is 0 Å². The first-order valence-electron chi connectivity index (χ1n) is 4.74. The van der Waals surface area contributed by atoms with Crippen molar-refractivity contribution in [3.8, 4) is 0 Å². The van der Waals surface area contributed by atoms with Crippen LogP contribution in [0.2, 0.25) is 0 Å². The highest BCUT2D eigenvalue weighted by atomic mass is 16.3. The van der Waals surface area contributed by atoms with Gasteiger partial charge in [-0.1, -0.05) is 0 Å². The molecule has 0 radical (unpaired) electrons. The van der Waals surface area contributed by atoms with Crippen LogP contribution in [0.3, 0.4) is 0 Å². The molecule has 0 aromatic carbocycles. The van der Waals surface area contributed by atoms with Gasteiger partial charge in [0.05, 0.1) is 6.54 Å². The van der Waals surface area contributed by atoms with Crippen LogP contribution in [0.15, 0.2) is 0 Å². The number of carbonyl (C=O) groups is 1. The Morgan fingerprint density at radius 2 is 2.23 bits per heavy atom. The van der Waals surface area contributed by atoms with E-state index in [1.165, 1.54) is 0 Å². The van der Waals surface area contributed by atoms with Crippen LogP contribution in [0.1, 0.15) is 13.8 Å². The Kier molecular flexibility index (Phi) is 3.69. The summed E-state index contributed by atoms with van der Waals surface area (Å²) < 4.78 is 0. The number of hydrogen-bond acceptors (Lipinski definition) is 3. The monoisotopic (exact) mass is 186 g/mol. The molecule has 1 heterocycles. The summed E-state index contributed by atoms with van der Waals surface area (Å²) in [6.45, 7) is 6.30. The second kappa shape index (κ2) is 4.58. The van der Waals surface area contributed by atoms with Gasteiger partial charge in [-0.3, -0.25) is 9.69 Å². The molecule has 13 heavy (non-hydrogen) atoms. The van der Waals surface area contributed by atoms with E-state index in [9.17, 15) is 4.79 Å². The number of aliphatic hydroxyl groups excluding tert-OH is 1. The van der Waals surface area contributed by atoms with Crippen LogP contribution in [0.5, 0.6) is 0 Å². The summed E-state index contributed by atoms with van der Waals surface area (Å²) in [5, 5.41) is 11.6. The highest BCUT2D eigenvalue weighted by molar-refractivity contribution is 5.78. The fourth-order valence-electron chi connectivity index (χ4n) is 1.49. The molecule has 1 amide bonds. The van der Waals surface area contributed by atoms with Crippen molar-refractivity contribution in [3.05, 3.63) is 0 Å². The number of amides is 1. The van der Waals surface area contributed by atoms with Gasteiger partial charge in [0.15, 0.2) is 0 Å². The number of likely N-dealkylation sites (tertiary alicyclic amines) is 1.